The summed E-state index contributed by atoms with van der Waals surface area (Å²) in [5.74, 6) is 1.55. The third-order valence-corrected chi connectivity index (χ3v) is 6.39. The minimum Gasteiger partial charge on any atom is -0.354 e. The molecule has 0 unspecified atom stereocenters. The lowest BCUT2D eigenvalue weighted by atomic mass is 9.68. The Kier molecular flexibility index (Phi) is 4.07. The summed E-state index contributed by atoms with van der Waals surface area (Å²) in [6.45, 7) is 0.570. The molecule has 4 nitrogen and oxygen atoms in total. The molecule has 0 radical (unpaired) electrons. The van der Waals surface area contributed by atoms with Gasteiger partial charge in [-0.25, -0.2) is 0 Å². The Labute approximate surface area is 143 Å². The lowest BCUT2D eigenvalue weighted by molar-refractivity contribution is -0.136. The third-order valence-electron chi connectivity index (χ3n) is 6.39. The van der Waals surface area contributed by atoms with Crippen LogP contribution in [0.3, 0.4) is 0 Å². The van der Waals surface area contributed by atoms with E-state index in [1.807, 2.05) is 6.07 Å². The number of carbonyl (C=O) groups excluding carboxylic acids is 2. The van der Waals surface area contributed by atoms with Crippen LogP contribution in [0.2, 0.25) is 0 Å². The van der Waals surface area contributed by atoms with Crippen LogP contribution in [-0.2, 0) is 16.0 Å². The van der Waals surface area contributed by atoms with Gasteiger partial charge in [0.15, 0.2) is 0 Å². The summed E-state index contributed by atoms with van der Waals surface area (Å²) < 4.78 is 0. The van der Waals surface area contributed by atoms with Crippen molar-refractivity contribution in [3.05, 3.63) is 35.9 Å². The lowest BCUT2D eigenvalue weighted by Crippen LogP contribution is -2.54. The smallest absolute Gasteiger partial charge is 0.227 e. The summed E-state index contributed by atoms with van der Waals surface area (Å²) in [6, 6.07) is 10.5. The van der Waals surface area contributed by atoms with E-state index < -0.39 is 0 Å². The molecule has 4 rings (SSSR count). The summed E-state index contributed by atoms with van der Waals surface area (Å²) >= 11 is 0. The monoisotopic (exact) mass is 326 g/mol. The number of carbonyl (C=O) groups is 2. The third kappa shape index (κ3) is 2.83. The van der Waals surface area contributed by atoms with E-state index in [9.17, 15) is 9.59 Å². The zero-order valence-corrected chi connectivity index (χ0v) is 14.1. The van der Waals surface area contributed by atoms with Gasteiger partial charge in [0.05, 0.1) is 5.41 Å². The fourth-order valence-electron chi connectivity index (χ4n) is 5.16. The number of rotatable bonds is 4. The first kappa shape index (κ1) is 15.7. The van der Waals surface area contributed by atoms with E-state index >= 15 is 0 Å². The second-order valence-electron chi connectivity index (χ2n) is 7.91. The predicted octanol–water partition coefficient (Wildman–Crippen LogP) is 2.43. The van der Waals surface area contributed by atoms with Gasteiger partial charge >= 0.3 is 0 Å². The molecule has 1 aliphatic heterocycles. The molecule has 4 heteroatoms. The minimum absolute atomic E-state index is 0.0852. The van der Waals surface area contributed by atoms with Crippen molar-refractivity contribution in [2.45, 2.75) is 51.0 Å². The maximum absolute atomic E-state index is 13.3. The zero-order chi connectivity index (χ0) is 16.6. The summed E-state index contributed by atoms with van der Waals surface area (Å²) in [4.78, 5) is 24.6. The zero-order valence-electron chi connectivity index (χ0n) is 14.1. The Morgan fingerprint density at radius 1 is 1.21 bits per heavy atom. The second-order valence-corrected chi connectivity index (χ2v) is 7.91. The highest BCUT2D eigenvalue weighted by molar-refractivity contribution is 5.85. The van der Waals surface area contributed by atoms with Crippen molar-refractivity contribution < 1.29 is 9.59 Å². The Bertz CT molecular complexity index is 620. The number of piperidine rings is 1. The molecule has 1 aromatic carbocycles. The number of hydrogen-bond acceptors (Lipinski definition) is 2. The number of fused-ring (bicyclic) bond motifs is 2. The molecule has 1 heterocycles. The van der Waals surface area contributed by atoms with Crippen LogP contribution in [0.15, 0.2) is 30.3 Å². The van der Waals surface area contributed by atoms with Crippen LogP contribution in [0.25, 0.3) is 0 Å². The van der Waals surface area contributed by atoms with Gasteiger partial charge in [0.1, 0.15) is 0 Å². The van der Waals surface area contributed by atoms with Crippen LogP contribution in [0.1, 0.15) is 44.1 Å². The number of benzene rings is 1. The van der Waals surface area contributed by atoms with Crippen molar-refractivity contribution in [3.8, 4) is 0 Å². The predicted molar refractivity (Wildman–Crippen MR) is 92.2 cm³/mol. The molecule has 0 spiro atoms. The Balaban J connectivity index is 1.52. The topological polar surface area (TPSA) is 58.2 Å². The molecule has 3 fully saturated rings. The van der Waals surface area contributed by atoms with E-state index in [1.54, 1.807) is 0 Å². The number of amides is 2. The summed E-state index contributed by atoms with van der Waals surface area (Å²) in [7, 11) is 0. The van der Waals surface area contributed by atoms with Crippen LogP contribution in [0, 0.1) is 17.3 Å². The van der Waals surface area contributed by atoms with Gasteiger partial charge in [0.2, 0.25) is 11.8 Å². The molecule has 128 valence electrons. The molecule has 2 bridgehead atoms. The van der Waals surface area contributed by atoms with E-state index in [0.29, 0.717) is 18.9 Å². The highest BCUT2D eigenvalue weighted by Gasteiger charge is 2.55. The minimum atomic E-state index is -0.244. The van der Waals surface area contributed by atoms with Gasteiger partial charge in [-0.3, -0.25) is 9.59 Å². The molecule has 1 saturated heterocycles. The highest BCUT2D eigenvalue weighted by atomic mass is 16.2. The first-order valence-electron chi connectivity index (χ1n) is 9.27. The molecule has 2 N–H and O–H groups in total. The summed E-state index contributed by atoms with van der Waals surface area (Å²) in [5.41, 5.74) is 1.02. The fourth-order valence-corrected chi connectivity index (χ4v) is 5.16. The van der Waals surface area contributed by atoms with Crippen LogP contribution >= 0.6 is 0 Å². The number of nitrogens with one attached hydrogen (secondary N) is 2. The molecule has 1 aromatic rings. The Hall–Kier alpha value is -1.84. The quantitative estimate of drug-likeness (QED) is 0.893. The van der Waals surface area contributed by atoms with Crippen LogP contribution in [0.5, 0.6) is 0 Å². The van der Waals surface area contributed by atoms with Crippen LogP contribution in [0.4, 0.5) is 0 Å². The van der Waals surface area contributed by atoms with Gasteiger partial charge in [-0.05, 0) is 49.5 Å². The molecule has 0 aromatic heterocycles. The van der Waals surface area contributed by atoms with Crippen molar-refractivity contribution in [1.29, 1.82) is 0 Å². The molecule has 2 aliphatic carbocycles. The van der Waals surface area contributed by atoms with Gasteiger partial charge in [0.25, 0.3) is 0 Å². The normalized spacial score (nSPS) is 34.8. The van der Waals surface area contributed by atoms with Gasteiger partial charge in [0, 0.05) is 19.0 Å². The molecule has 2 saturated carbocycles. The summed E-state index contributed by atoms with van der Waals surface area (Å²) in [6.07, 6.45) is 6.83. The van der Waals surface area contributed by atoms with Crippen LogP contribution < -0.4 is 10.6 Å². The second kappa shape index (κ2) is 6.23. The van der Waals surface area contributed by atoms with E-state index in [0.717, 1.165) is 25.2 Å². The van der Waals surface area contributed by atoms with Crippen molar-refractivity contribution in [1.82, 2.24) is 10.6 Å². The highest BCUT2D eigenvalue weighted by Crippen LogP contribution is 2.57. The van der Waals surface area contributed by atoms with E-state index in [-0.39, 0.29) is 23.3 Å². The molecular formula is C20H26N2O2. The van der Waals surface area contributed by atoms with Gasteiger partial charge < -0.3 is 10.6 Å². The van der Waals surface area contributed by atoms with Crippen molar-refractivity contribution in [2.24, 2.45) is 17.3 Å². The lowest BCUT2D eigenvalue weighted by Gasteiger charge is -2.38. The van der Waals surface area contributed by atoms with E-state index in [2.05, 4.69) is 34.9 Å². The van der Waals surface area contributed by atoms with Crippen molar-refractivity contribution in [2.75, 3.05) is 6.54 Å². The maximum Gasteiger partial charge on any atom is 0.227 e. The first-order valence-corrected chi connectivity index (χ1v) is 9.27. The SMILES string of the molecule is O=C1CC[C@@H](NC(=O)[C@]2(Cc3ccccc3)C[C@H]3CC[C@H]2C3)CN1. The van der Waals surface area contributed by atoms with Crippen LogP contribution in [-0.4, -0.2) is 24.4 Å². The largest absolute Gasteiger partial charge is 0.354 e. The van der Waals surface area contributed by atoms with Crippen molar-refractivity contribution in [3.63, 3.8) is 0 Å². The van der Waals surface area contributed by atoms with E-state index in [1.165, 1.54) is 24.8 Å². The number of hydrogen-bond donors (Lipinski definition) is 2. The van der Waals surface area contributed by atoms with Gasteiger partial charge in [-0.1, -0.05) is 36.8 Å². The average Bonchev–Trinajstić information content (AvgIpc) is 3.19. The standard InChI is InChI=1S/C20H26N2O2/c23-18-9-8-17(13-21-18)22-19(24)20(11-14-4-2-1-3-5-14)12-15-6-7-16(20)10-15/h1-5,15-17H,6-13H2,(H,21,23)(H,22,24)/t15-,16-,17+,20+/m0/s1. The molecule has 4 atom stereocenters. The molecular weight excluding hydrogens is 300 g/mol. The van der Waals surface area contributed by atoms with E-state index in [4.69, 9.17) is 0 Å². The average molecular weight is 326 g/mol. The Morgan fingerprint density at radius 3 is 2.67 bits per heavy atom. The van der Waals surface area contributed by atoms with Gasteiger partial charge in [-0.15, -0.1) is 0 Å². The van der Waals surface area contributed by atoms with Gasteiger partial charge in [-0.2, -0.15) is 0 Å². The molecule has 24 heavy (non-hydrogen) atoms. The fraction of sp³-hybridized carbons (Fsp3) is 0.600. The maximum atomic E-state index is 13.3. The summed E-state index contributed by atoms with van der Waals surface area (Å²) in [5, 5.41) is 6.14. The Morgan fingerprint density at radius 2 is 2.04 bits per heavy atom. The first-order chi connectivity index (χ1) is 11.7. The van der Waals surface area contributed by atoms with Crippen molar-refractivity contribution >= 4 is 11.8 Å². The molecule has 2 amide bonds. The molecule has 3 aliphatic rings.